The summed E-state index contributed by atoms with van der Waals surface area (Å²) >= 11 is 5.90. The van der Waals surface area contributed by atoms with E-state index in [9.17, 15) is 4.79 Å². The van der Waals surface area contributed by atoms with E-state index in [1.165, 1.54) is 5.56 Å². The number of pyridine rings is 1. The molecule has 1 saturated heterocycles. The molecule has 1 fully saturated rings. The summed E-state index contributed by atoms with van der Waals surface area (Å²) in [7, 11) is 1.89. The molecule has 0 unspecified atom stereocenters. The van der Waals surface area contributed by atoms with Gasteiger partial charge >= 0.3 is 0 Å². The van der Waals surface area contributed by atoms with Gasteiger partial charge in [0.05, 0.1) is 11.3 Å². The number of carbonyl (C=O) groups is 1. The Kier molecular flexibility index (Phi) is 6.44. The molecule has 160 valence electrons. The minimum absolute atomic E-state index is 0.226. The molecule has 3 aromatic rings. The maximum atomic E-state index is 12.6. The van der Waals surface area contributed by atoms with E-state index in [0.717, 1.165) is 37.7 Å². The molecule has 1 aromatic carbocycles. The maximum Gasteiger partial charge on any atom is 0.259 e. The Morgan fingerprint density at radius 2 is 2.03 bits per heavy atom. The molecule has 1 aliphatic rings. The smallest absolute Gasteiger partial charge is 0.259 e. The largest absolute Gasteiger partial charge is 0.373 e. The van der Waals surface area contributed by atoms with Crippen molar-refractivity contribution in [2.24, 2.45) is 0 Å². The Labute approximate surface area is 186 Å². The number of aromatic nitrogens is 3. The van der Waals surface area contributed by atoms with Crippen LogP contribution in [0.4, 0.5) is 11.5 Å². The van der Waals surface area contributed by atoms with Gasteiger partial charge in [0.1, 0.15) is 11.6 Å². The lowest BCUT2D eigenvalue weighted by Crippen LogP contribution is -2.21. The standard InChI is InChI=1S/C23H25ClN6O/c1-15-20(23(31)29-19-7-5-18(24)6-8-19)12-27-22(28-15)17-9-11-30(14-17)13-16-4-3-10-26-21(16)25-2/h3-8,10,12,17H,9,11,13-14H2,1-2H3,(H,25,26)(H,29,31)/t17-/m1/s1. The number of amides is 1. The van der Waals surface area contributed by atoms with E-state index in [-0.39, 0.29) is 11.8 Å². The average molecular weight is 437 g/mol. The van der Waals surface area contributed by atoms with Gasteiger partial charge in [-0.3, -0.25) is 9.69 Å². The summed E-state index contributed by atoms with van der Waals surface area (Å²) < 4.78 is 0. The fraction of sp³-hybridized carbons (Fsp3) is 0.304. The van der Waals surface area contributed by atoms with Crippen LogP contribution in [0.2, 0.25) is 5.02 Å². The van der Waals surface area contributed by atoms with E-state index in [4.69, 9.17) is 11.6 Å². The van der Waals surface area contributed by atoms with Crippen LogP contribution in [0.3, 0.4) is 0 Å². The number of anilines is 2. The summed E-state index contributed by atoms with van der Waals surface area (Å²) in [4.78, 5) is 28.6. The van der Waals surface area contributed by atoms with Gasteiger partial charge in [-0.15, -0.1) is 0 Å². The Morgan fingerprint density at radius 1 is 1.23 bits per heavy atom. The minimum atomic E-state index is -0.226. The highest BCUT2D eigenvalue weighted by molar-refractivity contribution is 6.30. The van der Waals surface area contributed by atoms with E-state index in [1.807, 2.05) is 20.0 Å². The second kappa shape index (κ2) is 9.41. The molecule has 0 bridgehead atoms. The fourth-order valence-electron chi connectivity index (χ4n) is 3.86. The Bertz CT molecular complexity index is 1070. The molecular formula is C23H25ClN6O. The summed E-state index contributed by atoms with van der Waals surface area (Å²) in [6, 6.07) is 11.1. The van der Waals surface area contributed by atoms with Crippen molar-refractivity contribution in [2.45, 2.75) is 25.8 Å². The van der Waals surface area contributed by atoms with Gasteiger partial charge in [-0.25, -0.2) is 15.0 Å². The molecule has 3 heterocycles. The van der Waals surface area contributed by atoms with Gasteiger partial charge in [-0.1, -0.05) is 17.7 Å². The highest BCUT2D eigenvalue weighted by Gasteiger charge is 2.27. The van der Waals surface area contributed by atoms with Gasteiger partial charge in [-0.2, -0.15) is 0 Å². The van der Waals surface area contributed by atoms with Gasteiger partial charge in [0.25, 0.3) is 5.91 Å². The van der Waals surface area contributed by atoms with Crippen LogP contribution in [0.15, 0.2) is 48.8 Å². The first-order valence-corrected chi connectivity index (χ1v) is 10.7. The van der Waals surface area contributed by atoms with Crippen molar-refractivity contribution in [3.63, 3.8) is 0 Å². The maximum absolute atomic E-state index is 12.6. The quantitative estimate of drug-likeness (QED) is 0.604. The van der Waals surface area contributed by atoms with Crippen molar-refractivity contribution >= 4 is 29.0 Å². The molecule has 0 spiro atoms. The van der Waals surface area contributed by atoms with Crippen molar-refractivity contribution < 1.29 is 4.79 Å². The first kappa shape index (κ1) is 21.2. The van der Waals surface area contributed by atoms with Crippen molar-refractivity contribution in [1.82, 2.24) is 19.9 Å². The lowest BCUT2D eigenvalue weighted by molar-refractivity contribution is 0.102. The molecule has 8 heteroatoms. The van der Waals surface area contributed by atoms with Crippen LogP contribution in [0.1, 0.15) is 39.8 Å². The van der Waals surface area contributed by atoms with Crippen LogP contribution < -0.4 is 10.6 Å². The molecule has 1 aliphatic heterocycles. The van der Waals surface area contributed by atoms with E-state index in [0.29, 0.717) is 22.0 Å². The average Bonchev–Trinajstić information content (AvgIpc) is 3.24. The molecule has 4 rings (SSSR count). The van der Waals surface area contributed by atoms with Crippen molar-refractivity contribution in [2.75, 3.05) is 30.8 Å². The Balaban J connectivity index is 1.41. The number of rotatable bonds is 6. The van der Waals surface area contributed by atoms with Crippen molar-refractivity contribution in [3.8, 4) is 0 Å². The third-order valence-corrected chi connectivity index (χ3v) is 5.76. The van der Waals surface area contributed by atoms with E-state index < -0.39 is 0 Å². The third-order valence-electron chi connectivity index (χ3n) is 5.50. The Morgan fingerprint density at radius 3 is 2.77 bits per heavy atom. The number of nitrogens with one attached hydrogen (secondary N) is 2. The predicted octanol–water partition coefficient (Wildman–Crippen LogP) is 4.12. The monoisotopic (exact) mass is 436 g/mol. The topological polar surface area (TPSA) is 83.0 Å². The van der Waals surface area contributed by atoms with Gasteiger partial charge in [0.15, 0.2) is 0 Å². The number of carbonyl (C=O) groups excluding carboxylic acids is 1. The van der Waals surface area contributed by atoms with Crippen LogP contribution >= 0.6 is 11.6 Å². The first-order chi connectivity index (χ1) is 15.0. The summed E-state index contributed by atoms with van der Waals surface area (Å²) in [6.07, 6.45) is 4.42. The molecule has 0 radical (unpaired) electrons. The molecular weight excluding hydrogens is 412 g/mol. The van der Waals surface area contributed by atoms with Crippen molar-refractivity contribution in [1.29, 1.82) is 0 Å². The number of halogens is 1. The zero-order chi connectivity index (χ0) is 21.8. The SMILES string of the molecule is CNc1ncccc1CN1CC[C@@H](c2ncc(C(=O)Nc3ccc(Cl)cc3)c(C)n2)C1. The molecule has 1 atom stereocenters. The normalized spacial score (nSPS) is 16.3. The summed E-state index contributed by atoms with van der Waals surface area (Å²) in [5.74, 6) is 1.73. The van der Waals surface area contributed by atoms with E-state index >= 15 is 0 Å². The van der Waals surface area contributed by atoms with E-state index in [1.54, 1.807) is 36.7 Å². The predicted molar refractivity (Wildman–Crippen MR) is 123 cm³/mol. The summed E-state index contributed by atoms with van der Waals surface area (Å²) in [5, 5.41) is 6.64. The van der Waals surface area contributed by atoms with E-state index in [2.05, 4.69) is 36.6 Å². The molecule has 0 saturated carbocycles. The number of aryl methyl sites for hydroxylation is 1. The molecule has 0 aliphatic carbocycles. The first-order valence-electron chi connectivity index (χ1n) is 10.3. The second-order valence-corrected chi connectivity index (χ2v) is 8.11. The number of benzene rings is 1. The zero-order valence-corrected chi connectivity index (χ0v) is 18.4. The minimum Gasteiger partial charge on any atom is -0.373 e. The summed E-state index contributed by atoms with van der Waals surface area (Å²) in [6.45, 7) is 4.54. The number of likely N-dealkylation sites (tertiary alicyclic amines) is 1. The molecule has 31 heavy (non-hydrogen) atoms. The van der Waals surface area contributed by atoms with Gasteiger partial charge in [0.2, 0.25) is 0 Å². The van der Waals surface area contributed by atoms with Crippen LogP contribution in [0, 0.1) is 6.92 Å². The van der Waals surface area contributed by atoms with Crippen LogP contribution in [0.5, 0.6) is 0 Å². The van der Waals surface area contributed by atoms with Crippen LogP contribution in [-0.4, -0.2) is 45.9 Å². The van der Waals surface area contributed by atoms with Gasteiger partial charge in [0, 0.05) is 54.7 Å². The second-order valence-electron chi connectivity index (χ2n) is 7.67. The van der Waals surface area contributed by atoms with Crippen LogP contribution in [0.25, 0.3) is 0 Å². The number of nitrogens with zero attached hydrogens (tertiary/aromatic N) is 4. The third kappa shape index (κ3) is 5.00. The van der Waals surface area contributed by atoms with Gasteiger partial charge in [-0.05, 0) is 50.2 Å². The van der Waals surface area contributed by atoms with Crippen molar-refractivity contribution in [3.05, 3.63) is 76.5 Å². The molecule has 7 nitrogen and oxygen atoms in total. The number of hydrogen-bond acceptors (Lipinski definition) is 6. The lowest BCUT2D eigenvalue weighted by Gasteiger charge is -2.17. The molecule has 2 N–H and O–H groups in total. The van der Waals surface area contributed by atoms with Crippen LogP contribution in [-0.2, 0) is 6.54 Å². The fourth-order valence-corrected chi connectivity index (χ4v) is 3.98. The lowest BCUT2D eigenvalue weighted by atomic mass is 10.1. The Hall–Kier alpha value is -3.03. The number of hydrogen-bond donors (Lipinski definition) is 2. The highest BCUT2D eigenvalue weighted by atomic mass is 35.5. The molecule has 2 aromatic heterocycles. The zero-order valence-electron chi connectivity index (χ0n) is 17.6. The highest BCUT2D eigenvalue weighted by Crippen LogP contribution is 2.27. The van der Waals surface area contributed by atoms with Gasteiger partial charge < -0.3 is 10.6 Å². The molecule has 1 amide bonds. The summed E-state index contributed by atoms with van der Waals surface area (Å²) in [5.41, 5.74) is 3.01.